The van der Waals surface area contributed by atoms with Crippen LogP contribution >= 0.6 is 11.6 Å². The third-order valence-electron chi connectivity index (χ3n) is 6.90. The largest absolute Gasteiger partial charge is 0.503 e. The van der Waals surface area contributed by atoms with Crippen LogP contribution in [0.25, 0.3) is 11.0 Å². The van der Waals surface area contributed by atoms with Crippen molar-refractivity contribution in [2.24, 2.45) is 0 Å². The van der Waals surface area contributed by atoms with E-state index in [-0.39, 0.29) is 11.3 Å². The van der Waals surface area contributed by atoms with Crippen molar-refractivity contribution in [1.29, 1.82) is 0 Å². The lowest BCUT2D eigenvalue weighted by molar-refractivity contribution is -0.117. The molecule has 2 heterocycles. The number of carbonyl (C=O) groups excluding carboxylic acids is 2. The standard InChI is InChI=1S/C33H24ClNO6/c1-39-27-18-23(34)15-22-17-26(41-32(22)27)30(36)28-29(35(33(38)31(28)37)24-12-6-3-7-13-24)21-11-8-14-25(16-21)40-19-20-9-4-2-5-10-20/h2-18,29,37H,19H2,1H3. The molecule has 4 aromatic carbocycles. The number of aliphatic hydroxyl groups excluding tert-OH is 1. The molecule has 1 amide bonds. The fourth-order valence-corrected chi connectivity index (χ4v) is 5.22. The SMILES string of the molecule is COc1cc(Cl)cc2cc(C(=O)C3=C(O)C(=O)N(c4ccccc4)C3c3cccc(OCc4ccccc4)c3)oc12. The van der Waals surface area contributed by atoms with Crippen molar-refractivity contribution in [2.45, 2.75) is 12.6 Å². The Bertz CT molecular complexity index is 1800. The molecular formula is C33H24ClNO6. The summed E-state index contributed by atoms with van der Waals surface area (Å²) < 4.78 is 17.3. The zero-order valence-electron chi connectivity index (χ0n) is 21.9. The van der Waals surface area contributed by atoms with Crippen molar-refractivity contribution in [3.05, 3.63) is 136 Å². The molecule has 0 aliphatic carbocycles. The first-order chi connectivity index (χ1) is 19.9. The quantitative estimate of drug-likeness (QED) is 0.196. The first-order valence-electron chi connectivity index (χ1n) is 12.8. The molecule has 1 aliphatic rings. The first kappa shape index (κ1) is 26.2. The molecule has 0 fully saturated rings. The van der Waals surface area contributed by atoms with E-state index in [9.17, 15) is 14.7 Å². The van der Waals surface area contributed by atoms with E-state index in [1.54, 1.807) is 60.7 Å². The number of methoxy groups -OCH3 is 1. The summed E-state index contributed by atoms with van der Waals surface area (Å²) in [5, 5.41) is 12.1. The molecule has 0 saturated carbocycles. The van der Waals surface area contributed by atoms with Gasteiger partial charge in [-0.2, -0.15) is 0 Å². The summed E-state index contributed by atoms with van der Waals surface area (Å²) in [5.74, 6) is -1.14. The van der Waals surface area contributed by atoms with E-state index in [0.29, 0.717) is 45.3 Å². The Kier molecular flexibility index (Phi) is 6.95. The van der Waals surface area contributed by atoms with Crippen LogP contribution in [0.15, 0.2) is 119 Å². The zero-order chi connectivity index (χ0) is 28.5. The fraction of sp³-hybridized carbons (Fsp3) is 0.0909. The van der Waals surface area contributed by atoms with Crippen LogP contribution in [0.5, 0.6) is 11.5 Å². The Morgan fingerprint density at radius 2 is 1.68 bits per heavy atom. The van der Waals surface area contributed by atoms with Gasteiger partial charge in [-0.05, 0) is 47.5 Å². The summed E-state index contributed by atoms with van der Waals surface area (Å²) in [5.41, 5.74) is 2.32. The molecule has 0 spiro atoms. The summed E-state index contributed by atoms with van der Waals surface area (Å²) in [4.78, 5) is 28.9. The van der Waals surface area contributed by atoms with Crippen LogP contribution in [0.4, 0.5) is 5.69 Å². The highest BCUT2D eigenvalue weighted by molar-refractivity contribution is 6.31. The minimum absolute atomic E-state index is 0.0636. The number of halogens is 1. The summed E-state index contributed by atoms with van der Waals surface area (Å²) in [6.45, 7) is 0.340. The van der Waals surface area contributed by atoms with E-state index in [1.165, 1.54) is 18.1 Å². The highest BCUT2D eigenvalue weighted by Crippen LogP contribution is 2.43. The lowest BCUT2D eigenvalue weighted by atomic mass is 9.94. The number of amides is 1. The average molecular weight is 566 g/mol. The number of aliphatic hydroxyl groups is 1. The number of para-hydroxylation sites is 1. The van der Waals surface area contributed by atoms with Crippen LogP contribution in [0, 0.1) is 0 Å². The molecule has 0 saturated heterocycles. The van der Waals surface area contributed by atoms with E-state index in [1.807, 2.05) is 36.4 Å². The summed E-state index contributed by atoms with van der Waals surface area (Å²) in [7, 11) is 1.47. The van der Waals surface area contributed by atoms with Crippen molar-refractivity contribution in [3.8, 4) is 11.5 Å². The molecule has 8 heteroatoms. The molecular weight excluding hydrogens is 542 g/mol. The maximum Gasteiger partial charge on any atom is 0.294 e. The van der Waals surface area contributed by atoms with Crippen molar-refractivity contribution in [1.82, 2.24) is 0 Å². The molecule has 41 heavy (non-hydrogen) atoms. The molecule has 1 aromatic heterocycles. The minimum Gasteiger partial charge on any atom is -0.503 e. The predicted octanol–water partition coefficient (Wildman–Crippen LogP) is 7.46. The number of Topliss-reactive ketones (excluding diaryl/α,β-unsaturated/α-hetero) is 1. The highest BCUT2D eigenvalue weighted by atomic mass is 35.5. The minimum atomic E-state index is -0.948. The molecule has 5 aromatic rings. The van der Waals surface area contributed by atoms with Crippen molar-refractivity contribution >= 4 is 39.9 Å². The van der Waals surface area contributed by atoms with Crippen LogP contribution in [0.1, 0.15) is 27.7 Å². The molecule has 204 valence electrons. The van der Waals surface area contributed by atoms with Gasteiger partial charge in [0.15, 0.2) is 22.9 Å². The first-order valence-corrected chi connectivity index (χ1v) is 13.2. The second-order valence-electron chi connectivity index (χ2n) is 9.49. The molecule has 1 unspecified atom stereocenters. The van der Waals surface area contributed by atoms with E-state index in [4.69, 9.17) is 25.5 Å². The summed E-state index contributed by atoms with van der Waals surface area (Å²) in [6.07, 6.45) is 0. The second-order valence-corrected chi connectivity index (χ2v) is 9.92. The van der Waals surface area contributed by atoms with Gasteiger partial charge >= 0.3 is 0 Å². The van der Waals surface area contributed by atoms with Crippen LogP contribution in [-0.2, 0) is 11.4 Å². The number of hydrogen-bond acceptors (Lipinski definition) is 6. The van der Waals surface area contributed by atoms with Gasteiger partial charge in [-0.25, -0.2) is 0 Å². The number of carbonyl (C=O) groups is 2. The topological polar surface area (TPSA) is 89.2 Å². The Morgan fingerprint density at radius 3 is 2.41 bits per heavy atom. The molecule has 1 atom stereocenters. The highest BCUT2D eigenvalue weighted by Gasteiger charge is 2.45. The van der Waals surface area contributed by atoms with Gasteiger partial charge in [-0.1, -0.05) is 72.3 Å². The third-order valence-corrected chi connectivity index (χ3v) is 7.12. The zero-order valence-corrected chi connectivity index (χ0v) is 22.7. The number of ether oxygens (including phenoxy) is 2. The van der Waals surface area contributed by atoms with Gasteiger partial charge in [0.1, 0.15) is 12.4 Å². The summed E-state index contributed by atoms with van der Waals surface area (Å²) in [6, 6.07) is 29.6. The van der Waals surface area contributed by atoms with Gasteiger partial charge in [-0.15, -0.1) is 0 Å². The van der Waals surface area contributed by atoms with Crippen molar-refractivity contribution in [3.63, 3.8) is 0 Å². The van der Waals surface area contributed by atoms with Crippen LogP contribution in [-0.4, -0.2) is 23.9 Å². The number of furan rings is 1. The number of nitrogens with zero attached hydrogens (tertiary/aromatic N) is 1. The van der Waals surface area contributed by atoms with Gasteiger partial charge in [0.05, 0.1) is 18.7 Å². The number of ketones is 1. The van der Waals surface area contributed by atoms with E-state index >= 15 is 0 Å². The smallest absolute Gasteiger partial charge is 0.294 e. The Morgan fingerprint density at radius 1 is 0.951 bits per heavy atom. The Labute approximate surface area is 240 Å². The van der Waals surface area contributed by atoms with E-state index in [0.717, 1.165) is 5.56 Å². The number of fused-ring (bicyclic) bond motifs is 1. The molecule has 1 N–H and O–H groups in total. The molecule has 0 bridgehead atoms. The average Bonchev–Trinajstić information content (AvgIpc) is 3.55. The van der Waals surface area contributed by atoms with Gasteiger partial charge < -0.3 is 19.0 Å². The second kappa shape index (κ2) is 10.9. The lowest BCUT2D eigenvalue weighted by Gasteiger charge is -2.27. The van der Waals surface area contributed by atoms with Crippen molar-refractivity contribution < 1.29 is 28.6 Å². The summed E-state index contributed by atoms with van der Waals surface area (Å²) >= 11 is 6.21. The van der Waals surface area contributed by atoms with Crippen LogP contribution < -0.4 is 14.4 Å². The van der Waals surface area contributed by atoms with Crippen molar-refractivity contribution in [2.75, 3.05) is 12.0 Å². The van der Waals surface area contributed by atoms with E-state index < -0.39 is 23.5 Å². The maximum absolute atomic E-state index is 14.0. The van der Waals surface area contributed by atoms with Gasteiger partial charge in [-0.3, -0.25) is 14.5 Å². The number of anilines is 1. The van der Waals surface area contributed by atoms with Gasteiger partial charge in [0.2, 0.25) is 5.78 Å². The Hall–Kier alpha value is -5.01. The molecule has 0 radical (unpaired) electrons. The normalized spacial score (nSPS) is 15.0. The molecule has 6 rings (SSSR count). The van der Waals surface area contributed by atoms with Crippen LogP contribution in [0.2, 0.25) is 5.02 Å². The van der Waals surface area contributed by atoms with Crippen LogP contribution in [0.3, 0.4) is 0 Å². The maximum atomic E-state index is 14.0. The van der Waals surface area contributed by atoms with Gasteiger partial charge in [0, 0.05) is 22.2 Å². The Balaban J connectivity index is 1.43. The fourth-order valence-electron chi connectivity index (χ4n) is 5.00. The monoisotopic (exact) mass is 565 g/mol. The number of rotatable bonds is 8. The van der Waals surface area contributed by atoms with E-state index in [2.05, 4.69) is 0 Å². The lowest BCUT2D eigenvalue weighted by Crippen LogP contribution is -2.31. The third kappa shape index (κ3) is 4.92. The number of hydrogen-bond donors (Lipinski definition) is 1. The number of benzene rings is 4. The molecule has 7 nitrogen and oxygen atoms in total. The molecule has 1 aliphatic heterocycles. The van der Waals surface area contributed by atoms with Gasteiger partial charge in [0.25, 0.3) is 5.91 Å². The predicted molar refractivity (Wildman–Crippen MR) is 156 cm³/mol.